The Balaban J connectivity index is 1.33. The van der Waals surface area contributed by atoms with Gasteiger partial charge in [-0.25, -0.2) is 14.6 Å². The summed E-state index contributed by atoms with van der Waals surface area (Å²) in [7, 11) is 0. The average Bonchev–Trinajstić information content (AvgIpc) is 3.21. The third-order valence-electron chi connectivity index (χ3n) is 6.67. The van der Waals surface area contributed by atoms with Crippen LogP contribution in [0.5, 0.6) is 11.5 Å². The molecule has 6 rings (SSSR count). The lowest BCUT2D eigenvalue weighted by atomic mass is 10.0. The van der Waals surface area contributed by atoms with Crippen LogP contribution in [0.15, 0.2) is 60.9 Å². The van der Waals surface area contributed by atoms with Crippen LogP contribution < -0.4 is 15.8 Å². The standard InChI is InChI=1S/C25H27N7O/c26-24-22-23(17-8-10-21(11-9-17)33-20-6-2-1-3-7-20)30-32(25(22)29-16-28-24)18-5-4-12-31(15-18)19-13-27-14-19/h1-3,6-11,16,18-19,27H,4-5,12-15H2,(H2,26,28,29). The van der Waals surface area contributed by atoms with Gasteiger partial charge in [-0.15, -0.1) is 0 Å². The monoisotopic (exact) mass is 441 g/mol. The van der Waals surface area contributed by atoms with Gasteiger partial charge >= 0.3 is 0 Å². The van der Waals surface area contributed by atoms with Crippen LogP contribution >= 0.6 is 0 Å². The molecule has 0 aliphatic carbocycles. The summed E-state index contributed by atoms with van der Waals surface area (Å²) in [4.78, 5) is 11.4. The highest BCUT2D eigenvalue weighted by atomic mass is 16.5. The van der Waals surface area contributed by atoms with Crippen LogP contribution in [-0.2, 0) is 0 Å². The predicted molar refractivity (Wildman–Crippen MR) is 128 cm³/mol. The zero-order chi connectivity index (χ0) is 22.2. The molecule has 1 unspecified atom stereocenters. The summed E-state index contributed by atoms with van der Waals surface area (Å²) in [6.07, 6.45) is 3.78. The molecule has 0 amide bonds. The first-order valence-electron chi connectivity index (χ1n) is 11.5. The lowest BCUT2D eigenvalue weighted by molar-refractivity contribution is 0.0912. The number of rotatable bonds is 5. The molecule has 168 valence electrons. The van der Waals surface area contributed by atoms with Crippen molar-refractivity contribution in [2.45, 2.75) is 24.9 Å². The Morgan fingerprint density at radius 1 is 0.939 bits per heavy atom. The zero-order valence-electron chi connectivity index (χ0n) is 18.4. The molecule has 2 saturated heterocycles. The van der Waals surface area contributed by atoms with Crippen molar-refractivity contribution < 1.29 is 4.74 Å². The highest BCUT2D eigenvalue weighted by molar-refractivity contribution is 5.98. The van der Waals surface area contributed by atoms with Crippen LogP contribution in [0, 0.1) is 0 Å². The van der Waals surface area contributed by atoms with E-state index in [1.807, 2.05) is 54.6 Å². The maximum atomic E-state index is 6.33. The second-order valence-corrected chi connectivity index (χ2v) is 8.79. The van der Waals surface area contributed by atoms with Gasteiger partial charge in [-0.2, -0.15) is 5.10 Å². The van der Waals surface area contributed by atoms with Gasteiger partial charge in [0.05, 0.1) is 11.4 Å². The van der Waals surface area contributed by atoms with Gasteiger partial charge in [0, 0.05) is 31.2 Å². The molecule has 3 N–H and O–H groups in total. The Labute approximate surface area is 192 Å². The fourth-order valence-corrected chi connectivity index (χ4v) is 4.80. The molecule has 4 heterocycles. The molecule has 2 aromatic heterocycles. The van der Waals surface area contributed by atoms with E-state index in [9.17, 15) is 0 Å². The van der Waals surface area contributed by atoms with Crippen molar-refractivity contribution in [3.05, 3.63) is 60.9 Å². The van der Waals surface area contributed by atoms with E-state index in [1.54, 1.807) is 0 Å². The highest BCUT2D eigenvalue weighted by Crippen LogP contribution is 2.35. The third kappa shape index (κ3) is 3.81. The number of piperidine rings is 1. The molecule has 2 aromatic carbocycles. The first kappa shape index (κ1) is 20.1. The van der Waals surface area contributed by atoms with Crippen molar-refractivity contribution in [1.82, 2.24) is 30.0 Å². The molecular formula is C25H27N7O. The quantitative estimate of drug-likeness (QED) is 0.490. The number of hydrogen-bond donors (Lipinski definition) is 2. The summed E-state index contributed by atoms with van der Waals surface area (Å²) in [6, 6.07) is 18.6. The van der Waals surface area contributed by atoms with Gasteiger partial charge in [0.1, 0.15) is 29.3 Å². The number of benzene rings is 2. The fourth-order valence-electron chi connectivity index (χ4n) is 4.80. The summed E-state index contributed by atoms with van der Waals surface area (Å²) >= 11 is 0. The average molecular weight is 442 g/mol. The van der Waals surface area contributed by atoms with Crippen LogP contribution in [0.3, 0.4) is 0 Å². The van der Waals surface area contributed by atoms with Crippen molar-refractivity contribution in [1.29, 1.82) is 0 Å². The summed E-state index contributed by atoms with van der Waals surface area (Å²) in [6.45, 7) is 4.28. The molecule has 2 fully saturated rings. The van der Waals surface area contributed by atoms with Gasteiger partial charge in [0.25, 0.3) is 0 Å². The molecule has 0 spiro atoms. The molecule has 2 aliphatic rings. The van der Waals surface area contributed by atoms with Gasteiger partial charge in [-0.05, 0) is 55.8 Å². The van der Waals surface area contributed by atoms with Crippen LogP contribution in [0.1, 0.15) is 18.9 Å². The van der Waals surface area contributed by atoms with Crippen LogP contribution in [0.4, 0.5) is 5.82 Å². The van der Waals surface area contributed by atoms with Crippen molar-refractivity contribution in [2.24, 2.45) is 0 Å². The Morgan fingerprint density at radius 3 is 2.48 bits per heavy atom. The van der Waals surface area contributed by atoms with E-state index in [1.165, 1.54) is 6.33 Å². The molecule has 1 atom stereocenters. The SMILES string of the molecule is Nc1ncnc2c1c(-c1ccc(Oc3ccccc3)cc1)nn2C1CCCN(C2CNC2)C1. The second kappa shape index (κ2) is 8.46. The Morgan fingerprint density at radius 2 is 1.73 bits per heavy atom. The number of likely N-dealkylation sites (tertiary alicyclic amines) is 1. The van der Waals surface area contributed by atoms with E-state index in [2.05, 4.69) is 24.9 Å². The minimum Gasteiger partial charge on any atom is -0.457 e. The number of nitrogens with one attached hydrogen (secondary N) is 1. The Kier molecular flexibility index (Phi) is 5.16. The lowest BCUT2D eigenvalue weighted by Gasteiger charge is -2.42. The van der Waals surface area contributed by atoms with E-state index in [0.29, 0.717) is 11.9 Å². The molecule has 0 bridgehead atoms. The number of aromatic nitrogens is 4. The van der Waals surface area contributed by atoms with Crippen molar-refractivity contribution in [3.8, 4) is 22.8 Å². The topological polar surface area (TPSA) is 94.1 Å². The number of para-hydroxylation sites is 1. The summed E-state index contributed by atoms with van der Waals surface area (Å²) in [5.74, 6) is 2.04. The van der Waals surface area contributed by atoms with Crippen LogP contribution in [0.2, 0.25) is 0 Å². The maximum Gasteiger partial charge on any atom is 0.164 e. The van der Waals surface area contributed by atoms with E-state index in [-0.39, 0.29) is 6.04 Å². The van der Waals surface area contributed by atoms with Gasteiger partial charge in [0.15, 0.2) is 5.65 Å². The molecular weight excluding hydrogens is 414 g/mol. The molecule has 33 heavy (non-hydrogen) atoms. The van der Waals surface area contributed by atoms with E-state index in [0.717, 1.165) is 72.8 Å². The molecule has 0 radical (unpaired) electrons. The first-order valence-corrected chi connectivity index (χ1v) is 11.5. The Hall–Kier alpha value is -3.49. The minimum absolute atomic E-state index is 0.269. The zero-order valence-corrected chi connectivity index (χ0v) is 18.4. The fraction of sp³-hybridized carbons (Fsp3) is 0.320. The summed E-state index contributed by atoms with van der Waals surface area (Å²) < 4.78 is 8.02. The van der Waals surface area contributed by atoms with E-state index >= 15 is 0 Å². The second-order valence-electron chi connectivity index (χ2n) is 8.79. The summed E-state index contributed by atoms with van der Waals surface area (Å²) in [5.41, 5.74) is 8.92. The van der Waals surface area contributed by atoms with Crippen LogP contribution in [0.25, 0.3) is 22.3 Å². The third-order valence-corrected chi connectivity index (χ3v) is 6.67. The largest absolute Gasteiger partial charge is 0.457 e. The molecule has 2 aliphatic heterocycles. The van der Waals surface area contributed by atoms with Gasteiger partial charge in [0.2, 0.25) is 0 Å². The number of anilines is 1. The number of nitrogen functional groups attached to an aromatic ring is 1. The number of hydrogen-bond acceptors (Lipinski definition) is 7. The minimum atomic E-state index is 0.269. The van der Waals surface area contributed by atoms with E-state index < -0.39 is 0 Å². The first-order chi connectivity index (χ1) is 16.3. The van der Waals surface area contributed by atoms with Gasteiger partial charge < -0.3 is 15.8 Å². The molecule has 8 heteroatoms. The Bertz CT molecular complexity index is 1250. The smallest absolute Gasteiger partial charge is 0.164 e. The van der Waals surface area contributed by atoms with Gasteiger partial charge in [-0.1, -0.05) is 18.2 Å². The van der Waals surface area contributed by atoms with Crippen molar-refractivity contribution in [3.63, 3.8) is 0 Å². The van der Waals surface area contributed by atoms with Gasteiger partial charge in [-0.3, -0.25) is 4.90 Å². The number of fused-ring (bicyclic) bond motifs is 1. The number of nitrogens with zero attached hydrogens (tertiary/aromatic N) is 5. The lowest BCUT2D eigenvalue weighted by Crippen LogP contribution is -2.59. The predicted octanol–water partition coefficient (Wildman–Crippen LogP) is 3.48. The summed E-state index contributed by atoms with van der Waals surface area (Å²) in [5, 5.41) is 9.25. The maximum absolute atomic E-state index is 6.33. The van der Waals surface area contributed by atoms with Crippen LogP contribution in [-0.4, -0.2) is 56.9 Å². The highest BCUT2D eigenvalue weighted by Gasteiger charge is 2.32. The van der Waals surface area contributed by atoms with E-state index in [4.69, 9.17) is 15.6 Å². The number of nitrogens with two attached hydrogens (primary N) is 1. The molecule has 8 nitrogen and oxygen atoms in total. The van der Waals surface area contributed by atoms with Crippen molar-refractivity contribution in [2.75, 3.05) is 31.9 Å². The number of ether oxygens (including phenoxy) is 1. The van der Waals surface area contributed by atoms with Crippen molar-refractivity contribution >= 4 is 16.9 Å². The molecule has 4 aromatic rings. The molecule has 0 saturated carbocycles. The normalized spacial score (nSPS) is 19.5.